The van der Waals surface area contributed by atoms with Crippen LogP contribution in [-0.4, -0.2) is 18.4 Å². The fourth-order valence-electron chi connectivity index (χ4n) is 3.17. The predicted octanol–water partition coefficient (Wildman–Crippen LogP) is 4.56. The number of rotatable bonds is 5. The van der Waals surface area contributed by atoms with Crippen molar-refractivity contribution in [2.24, 2.45) is 0 Å². The van der Waals surface area contributed by atoms with Gasteiger partial charge in [0.2, 0.25) is 5.91 Å². The lowest BCUT2D eigenvalue weighted by molar-refractivity contribution is -0.123. The molecule has 0 bridgehead atoms. The smallest absolute Gasteiger partial charge is 0.294 e. The Labute approximate surface area is 183 Å². The van der Waals surface area contributed by atoms with Gasteiger partial charge >= 0.3 is 0 Å². The highest BCUT2D eigenvalue weighted by molar-refractivity contribution is 6.30. The van der Waals surface area contributed by atoms with Gasteiger partial charge in [-0.2, -0.15) is 0 Å². The number of amides is 2. The number of benzene rings is 3. The van der Waals surface area contributed by atoms with Crippen LogP contribution in [-0.2, 0) is 16.1 Å². The van der Waals surface area contributed by atoms with Crippen LogP contribution in [0.5, 0.6) is 5.75 Å². The summed E-state index contributed by atoms with van der Waals surface area (Å²) in [5.41, 5.74) is 1.86. The van der Waals surface area contributed by atoms with Crippen molar-refractivity contribution in [1.82, 2.24) is 5.32 Å². The molecule has 2 amide bonds. The van der Waals surface area contributed by atoms with Crippen molar-refractivity contribution >= 4 is 35.2 Å². The third kappa shape index (κ3) is 4.92. The fraction of sp³-hybridized carbons (Fsp3) is 0.0833. The highest BCUT2D eigenvalue weighted by Gasteiger charge is 2.31. The first kappa shape index (κ1) is 20.6. The molecular formula is C24H18ClFN2O3. The lowest BCUT2D eigenvalue weighted by Crippen LogP contribution is -2.44. The van der Waals surface area contributed by atoms with Gasteiger partial charge in [0.25, 0.3) is 5.91 Å². The van der Waals surface area contributed by atoms with Crippen LogP contribution in [0.25, 0.3) is 6.08 Å². The Hall–Kier alpha value is -3.64. The number of hydrogen-bond acceptors (Lipinski definition) is 3. The molecule has 0 unspecified atom stereocenters. The van der Waals surface area contributed by atoms with Crippen molar-refractivity contribution in [1.29, 1.82) is 0 Å². The molecule has 0 aromatic heterocycles. The van der Waals surface area contributed by atoms with E-state index < -0.39 is 11.7 Å². The van der Waals surface area contributed by atoms with E-state index >= 15 is 0 Å². The van der Waals surface area contributed by atoms with Crippen LogP contribution in [0.4, 0.5) is 10.1 Å². The third-order valence-corrected chi connectivity index (χ3v) is 4.93. The van der Waals surface area contributed by atoms with Crippen LogP contribution in [0.15, 0.2) is 78.6 Å². The van der Waals surface area contributed by atoms with Gasteiger partial charge in [0.05, 0.1) is 5.69 Å². The number of fused-ring (bicyclic) bond motifs is 1. The van der Waals surface area contributed by atoms with E-state index in [4.69, 9.17) is 16.3 Å². The van der Waals surface area contributed by atoms with Gasteiger partial charge in [-0.05, 0) is 53.6 Å². The molecule has 0 spiro atoms. The molecule has 156 valence electrons. The van der Waals surface area contributed by atoms with E-state index in [1.807, 2.05) is 12.1 Å². The van der Waals surface area contributed by atoms with Crippen LogP contribution in [0, 0.1) is 5.82 Å². The van der Waals surface area contributed by atoms with Gasteiger partial charge in [-0.3, -0.25) is 14.5 Å². The summed E-state index contributed by atoms with van der Waals surface area (Å²) in [5, 5.41) is 3.42. The highest BCUT2D eigenvalue weighted by atomic mass is 35.5. The van der Waals surface area contributed by atoms with Gasteiger partial charge in [0, 0.05) is 11.6 Å². The molecule has 0 radical (unpaired) electrons. The zero-order chi connectivity index (χ0) is 21.8. The molecule has 1 aliphatic rings. The normalized spacial score (nSPS) is 14.2. The van der Waals surface area contributed by atoms with Crippen molar-refractivity contribution in [2.75, 3.05) is 11.4 Å². The number of para-hydroxylation sites is 2. The molecule has 5 nitrogen and oxygen atoms in total. The summed E-state index contributed by atoms with van der Waals surface area (Å²) < 4.78 is 19.3. The minimum atomic E-state index is -0.482. The Balaban J connectivity index is 1.54. The number of anilines is 1. The highest BCUT2D eigenvalue weighted by Crippen LogP contribution is 2.35. The quantitative estimate of drug-likeness (QED) is 0.596. The summed E-state index contributed by atoms with van der Waals surface area (Å²) >= 11 is 5.88. The molecule has 0 saturated carbocycles. The average Bonchev–Trinajstić information content (AvgIpc) is 2.76. The average molecular weight is 437 g/mol. The zero-order valence-corrected chi connectivity index (χ0v) is 17.1. The molecule has 0 saturated heterocycles. The molecule has 3 aromatic rings. The Kier molecular flexibility index (Phi) is 6.00. The first-order valence-electron chi connectivity index (χ1n) is 9.57. The summed E-state index contributed by atoms with van der Waals surface area (Å²) in [4.78, 5) is 27.0. The maximum Gasteiger partial charge on any atom is 0.294 e. The molecule has 1 N–H and O–H groups in total. The first-order valence-corrected chi connectivity index (χ1v) is 9.94. The van der Waals surface area contributed by atoms with Crippen molar-refractivity contribution < 1.29 is 18.7 Å². The molecule has 1 aliphatic heterocycles. The third-order valence-electron chi connectivity index (χ3n) is 4.68. The molecule has 7 heteroatoms. The van der Waals surface area contributed by atoms with E-state index in [-0.39, 0.29) is 18.2 Å². The van der Waals surface area contributed by atoms with Crippen molar-refractivity contribution in [3.05, 3.63) is 101 Å². The lowest BCUT2D eigenvalue weighted by atomic mass is 10.1. The van der Waals surface area contributed by atoms with Crippen LogP contribution in [0.1, 0.15) is 11.1 Å². The Morgan fingerprint density at radius 2 is 1.84 bits per heavy atom. The van der Waals surface area contributed by atoms with Gasteiger partial charge in [-0.15, -0.1) is 0 Å². The van der Waals surface area contributed by atoms with Gasteiger partial charge in [-0.25, -0.2) is 4.39 Å². The van der Waals surface area contributed by atoms with Crippen LogP contribution in [0.3, 0.4) is 0 Å². The van der Waals surface area contributed by atoms with Gasteiger partial charge < -0.3 is 10.1 Å². The van der Waals surface area contributed by atoms with Gasteiger partial charge in [0.15, 0.2) is 11.5 Å². The van der Waals surface area contributed by atoms with Gasteiger partial charge in [0.1, 0.15) is 12.4 Å². The second-order valence-electron chi connectivity index (χ2n) is 6.93. The molecule has 0 atom stereocenters. The number of nitrogens with one attached hydrogen (secondary N) is 1. The summed E-state index contributed by atoms with van der Waals surface area (Å²) in [5.74, 6) is -0.781. The topological polar surface area (TPSA) is 58.6 Å². The van der Waals surface area contributed by atoms with Crippen molar-refractivity contribution in [3.8, 4) is 5.75 Å². The second kappa shape index (κ2) is 9.02. The summed E-state index contributed by atoms with van der Waals surface area (Å²) in [6.07, 6.45) is 1.46. The van der Waals surface area contributed by atoms with Crippen LogP contribution < -0.4 is 15.0 Å². The summed E-state index contributed by atoms with van der Waals surface area (Å²) in [6, 6.07) is 19.9. The molecule has 0 aliphatic carbocycles. The van der Waals surface area contributed by atoms with E-state index in [0.717, 1.165) is 5.56 Å². The van der Waals surface area contributed by atoms with E-state index in [0.29, 0.717) is 28.6 Å². The predicted molar refractivity (Wildman–Crippen MR) is 117 cm³/mol. The Morgan fingerprint density at radius 1 is 1.06 bits per heavy atom. The van der Waals surface area contributed by atoms with Crippen LogP contribution in [0.2, 0.25) is 5.02 Å². The van der Waals surface area contributed by atoms with Gasteiger partial charge in [-0.1, -0.05) is 48.0 Å². The number of hydrogen-bond donors (Lipinski definition) is 1. The monoisotopic (exact) mass is 436 g/mol. The van der Waals surface area contributed by atoms with E-state index in [1.165, 1.54) is 23.1 Å². The first-order chi connectivity index (χ1) is 15.0. The van der Waals surface area contributed by atoms with Crippen LogP contribution >= 0.6 is 11.6 Å². The fourth-order valence-corrected chi connectivity index (χ4v) is 3.30. The summed E-state index contributed by atoms with van der Waals surface area (Å²) in [7, 11) is 0. The maximum atomic E-state index is 13.5. The van der Waals surface area contributed by atoms with Crippen molar-refractivity contribution in [3.63, 3.8) is 0 Å². The lowest BCUT2D eigenvalue weighted by Gasteiger charge is -2.30. The standard InChI is InChI=1S/C24H18ClFN2O3/c25-18-10-8-16(9-11-18)14-27-23(29)15-28-20-6-1-2-7-21(20)31-22(24(28)30)13-17-4-3-5-19(26)12-17/h1-13H,14-15H2,(H,27,29). The number of halogens is 2. The summed E-state index contributed by atoms with van der Waals surface area (Å²) in [6.45, 7) is 0.120. The SMILES string of the molecule is O=C(CN1C(=O)C(=Cc2cccc(F)c2)Oc2ccccc21)NCc1ccc(Cl)cc1. The molecular weight excluding hydrogens is 419 g/mol. The zero-order valence-electron chi connectivity index (χ0n) is 16.3. The van der Waals surface area contributed by atoms with Crippen molar-refractivity contribution in [2.45, 2.75) is 6.54 Å². The molecule has 3 aromatic carbocycles. The number of nitrogens with zero attached hydrogens (tertiary/aromatic N) is 1. The second-order valence-corrected chi connectivity index (χ2v) is 7.36. The molecule has 4 rings (SSSR count). The molecule has 0 fully saturated rings. The maximum absolute atomic E-state index is 13.5. The number of carbonyl (C=O) groups excluding carboxylic acids is 2. The largest absolute Gasteiger partial charge is 0.449 e. The molecule has 31 heavy (non-hydrogen) atoms. The Bertz CT molecular complexity index is 1160. The Morgan fingerprint density at radius 3 is 2.61 bits per heavy atom. The minimum Gasteiger partial charge on any atom is -0.449 e. The van der Waals surface area contributed by atoms with E-state index in [9.17, 15) is 14.0 Å². The molecule has 1 heterocycles. The number of ether oxygens (including phenoxy) is 1. The van der Waals surface area contributed by atoms with E-state index in [2.05, 4.69) is 5.32 Å². The number of carbonyl (C=O) groups is 2. The minimum absolute atomic E-state index is 0.00908. The van der Waals surface area contributed by atoms with E-state index in [1.54, 1.807) is 48.5 Å².